The fourth-order valence-electron chi connectivity index (χ4n) is 2.43. The summed E-state index contributed by atoms with van der Waals surface area (Å²) in [4.78, 5) is 0. The molecule has 0 saturated heterocycles. The zero-order valence-electron chi connectivity index (χ0n) is 9.11. The van der Waals surface area contributed by atoms with Crippen LogP contribution in [-0.4, -0.2) is 5.11 Å². The van der Waals surface area contributed by atoms with Crippen molar-refractivity contribution in [3.8, 4) is 0 Å². The highest BCUT2D eigenvalue weighted by Crippen LogP contribution is 2.27. The number of rotatable bonds is 1. The predicted octanol–water partition coefficient (Wildman–Crippen LogP) is 2.67. The molecule has 0 saturated carbocycles. The van der Waals surface area contributed by atoms with E-state index in [9.17, 15) is 0 Å². The lowest BCUT2D eigenvalue weighted by molar-refractivity contribution is 0.281. The second-order valence-electron chi connectivity index (χ2n) is 4.38. The van der Waals surface area contributed by atoms with Crippen LogP contribution in [0.4, 0.5) is 0 Å². The van der Waals surface area contributed by atoms with E-state index in [4.69, 9.17) is 5.11 Å². The molecular weight excluding hydrogens is 196 g/mol. The first-order valence-corrected chi connectivity index (χ1v) is 5.65. The van der Waals surface area contributed by atoms with Gasteiger partial charge in [-0.05, 0) is 40.7 Å². The van der Waals surface area contributed by atoms with Crippen molar-refractivity contribution in [1.29, 1.82) is 0 Å². The van der Waals surface area contributed by atoms with Gasteiger partial charge in [-0.25, -0.2) is 0 Å². The molecule has 0 bridgehead atoms. The van der Waals surface area contributed by atoms with E-state index >= 15 is 0 Å². The molecule has 0 heterocycles. The molecule has 3 rings (SSSR count). The molecule has 0 unspecified atom stereocenters. The smallest absolute Gasteiger partial charge is 0.0681 e. The predicted molar refractivity (Wildman–Crippen MR) is 64.4 cm³/mol. The summed E-state index contributed by atoms with van der Waals surface area (Å²) in [5, 5.41) is 9.13. The lowest BCUT2D eigenvalue weighted by Gasteiger charge is -2.20. The average molecular weight is 210 g/mol. The van der Waals surface area contributed by atoms with Gasteiger partial charge < -0.3 is 5.11 Å². The molecule has 2 aromatic rings. The molecule has 2 aromatic carbocycles. The van der Waals surface area contributed by atoms with Crippen LogP contribution in [0.2, 0.25) is 0 Å². The summed E-state index contributed by atoms with van der Waals surface area (Å²) in [6.07, 6.45) is 2.02. The second kappa shape index (κ2) is 3.76. The highest BCUT2D eigenvalue weighted by atomic mass is 16.3. The number of hydrogen-bond acceptors (Lipinski definition) is 1. The molecule has 0 aromatic heterocycles. The van der Waals surface area contributed by atoms with Crippen LogP contribution in [0.3, 0.4) is 0 Å². The lowest BCUT2D eigenvalue weighted by atomic mass is 9.85. The normalized spacial score (nSPS) is 13.1. The van der Waals surface area contributed by atoms with Crippen LogP contribution in [-0.2, 0) is 19.4 Å². The molecule has 16 heavy (non-hydrogen) atoms. The fraction of sp³-hybridized carbons (Fsp3) is 0.200. The van der Waals surface area contributed by atoms with Gasteiger partial charge in [0.15, 0.2) is 0 Å². The van der Waals surface area contributed by atoms with Crippen LogP contribution in [0.15, 0.2) is 42.5 Å². The molecule has 0 amide bonds. The molecule has 1 aliphatic carbocycles. The third-order valence-corrected chi connectivity index (χ3v) is 3.33. The first-order chi connectivity index (χ1) is 7.86. The van der Waals surface area contributed by atoms with Crippen molar-refractivity contribution in [2.45, 2.75) is 19.4 Å². The molecule has 1 nitrogen and oxygen atoms in total. The van der Waals surface area contributed by atoms with Crippen LogP contribution < -0.4 is 0 Å². The minimum absolute atomic E-state index is 0.134. The maximum absolute atomic E-state index is 9.13. The molecule has 0 radical (unpaired) electrons. The summed E-state index contributed by atoms with van der Waals surface area (Å²) in [5.41, 5.74) is 6.64. The van der Waals surface area contributed by atoms with Gasteiger partial charge >= 0.3 is 0 Å². The van der Waals surface area contributed by atoms with Crippen LogP contribution >= 0.6 is 0 Å². The van der Waals surface area contributed by atoms with Gasteiger partial charge in [-0.1, -0.05) is 42.5 Å². The Bertz CT molecular complexity index is 529. The molecule has 0 aliphatic heterocycles. The fourth-order valence-corrected chi connectivity index (χ4v) is 2.43. The summed E-state index contributed by atoms with van der Waals surface area (Å²) in [7, 11) is 0. The zero-order chi connectivity index (χ0) is 11.0. The van der Waals surface area contributed by atoms with Gasteiger partial charge in [-0.3, -0.25) is 0 Å². The number of aliphatic hydroxyl groups is 1. The number of fused-ring (bicyclic) bond motifs is 2. The Labute approximate surface area is 95.4 Å². The lowest BCUT2D eigenvalue weighted by Crippen LogP contribution is -2.07. The summed E-state index contributed by atoms with van der Waals surface area (Å²) >= 11 is 0. The molecular formula is C15H14O. The van der Waals surface area contributed by atoms with Crippen molar-refractivity contribution < 1.29 is 5.11 Å². The van der Waals surface area contributed by atoms with Gasteiger partial charge in [0.2, 0.25) is 0 Å². The third kappa shape index (κ3) is 1.54. The largest absolute Gasteiger partial charge is 0.392 e. The van der Waals surface area contributed by atoms with E-state index < -0.39 is 0 Å². The minimum atomic E-state index is 0.134. The maximum Gasteiger partial charge on any atom is 0.0681 e. The van der Waals surface area contributed by atoms with Crippen molar-refractivity contribution >= 4 is 0 Å². The van der Waals surface area contributed by atoms with Crippen LogP contribution in [0.1, 0.15) is 27.8 Å². The van der Waals surface area contributed by atoms with Crippen molar-refractivity contribution in [2.24, 2.45) is 0 Å². The Kier molecular flexibility index (Phi) is 2.26. The molecule has 1 N–H and O–H groups in total. The summed E-state index contributed by atoms with van der Waals surface area (Å²) in [6.45, 7) is 0.134. The summed E-state index contributed by atoms with van der Waals surface area (Å²) in [6, 6.07) is 14.9. The minimum Gasteiger partial charge on any atom is -0.392 e. The summed E-state index contributed by atoms with van der Waals surface area (Å²) < 4.78 is 0. The van der Waals surface area contributed by atoms with Gasteiger partial charge in [-0.15, -0.1) is 0 Å². The van der Waals surface area contributed by atoms with E-state index in [0.717, 1.165) is 18.4 Å². The van der Waals surface area contributed by atoms with Gasteiger partial charge in [0.25, 0.3) is 0 Å². The van der Waals surface area contributed by atoms with Crippen molar-refractivity contribution in [3.63, 3.8) is 0 Å². The Morgan fingerprint density at radius 1 is 0.812 bits per heavy atom. The molecule has 1 heteroatoms. The zero-order valence-corrected chi connectivity index (χ0v) is 9.11. The topological polar surface area (TPSA) is 20.2 Å². The van der Waals surface area contributed by atoms with Crippen molar-refractivity contribution in [1.82, 2.24) is 0 Å². The van der Waals surface area contributed by atoms with E-state index in [2.05, 4.69) is 36.4 Å². The third-order valence-electron chi connectivity index (χ3n) is 3.33. The average Bonchev–Trinajstić information content (AvgIpc) is 2.35. The van der Waals surface area contributed by atoms with E-state index in [1.54, 1.807) is 0 Å². The van der Waals surface area contributed by atoms with Crippen molar-refractivity contribution in [3.05, 3.63) is 70.3 Å². The quantitative estimate of drug-likeness (QED) is 0.654. The van der Waals surface area contributed by atoms with Gasteiger partial charge in [0, 0.05) is 0 Å². The van der Waals surface area contributed by atoms with Crippen LogP contribution in [0.25, 0.3) is 0 Å². The van der Waals surface area contributed by atoms with E-state index in [1.807, 2.05) is 6.07 Å². The van der Waals surface area contributed by atoms with E-state index in [0.29, 0.717) is 0 Å². The second-order valence-corrected chi connectivity index (χ2v) is 4.38. The highest BCUT2D eigenvalue weighted by Gasteiger charge is 2.14. The van der Waals surface area contributed by atoms with E-state index in [-0.39, 0.29) is 6.61 Å². The number of benzene rings is 2. The Balaban J connectivity index is 2.05. The Morgan fingerprint density at radius 3 is 2.12 bits per heavy atom. The van der Waals surface area contributed by atoms with E-state index in [1.165, 1.54) is 22.3 Å². The Hall–Kier alpha value is -1.60. The molecule has 0 fully saturated rings. The molecule has 1 aliphatic rings. The standard InChI is InChI=1S/C15H14O/c16-10-11-5-6-14-8-12-3-1-2-4-13(12)9-15(14)7-11/h1-7,16H,8-10H2. The van der Waals surface area contributed by atoms with Crippen LogP contribution in [0.5, 0.6) is 0 Å². The SMILES string of the molecule is OCc1ccc2c(c1)Cc1ccccc1C2. The van der Waals surface area contributed by atoms with Crippen molar-refractivity contribution in [2.75, 3.05) is 0 Å². The molecule has 0 spiro atoms. The first kappa shape index (κ1) is 9.61. The van der Waals surface area contributed by atoms with Crippen LogP contribution in [0, 0.1) is 0 Å². The number of hydrogen-bond donors (Lipinski definition) is 1. The van der Waals surface area contributed by atoms with Gasteiger partial charge in [-0.2, -0.15) is 0 Å². The van der Waals surface area contributed by atoms with Gasteiger partial charge in [0.1, 0.15) is 0 Å². The first-order valence-electron chi connectivity index (χ1n) is 5.65. The monoisotopic (exact) mass is 210 g/mol. The molecule has 0 atom stereocenters. The maximum atomic E-state index is 9.13. The highest BCUT2D eigenvalue weighted by molar-refractivity contribution is 5.46. The van der Waals surface area contributed by atoms with Gasteiger partial charge in [0.05, 0.1) is 6.61 Å². The Morgan fingerprint density at radius 2 is 1.44 bits per heavy atom. The molecule has 80 valence electrons. The summed E-state index contributed by atoms with van der Waals surface area (Å²) in [5.74, 6) is 0. The number of aliphatic hydroxyl groups excluding tert-OH is 1.